The van der Waals surface area contributed by atoms with Gasteiger partial charge >= 0.3 is 5.51 Å². The molecule has 1 unspecified atom stereocenters. The molecule has 0 saturated carbocycles. The minimum absolute atomic E-state index is 0.0287. The highest BCUT2D eigenvalue weighted by Gasteiger charge is 2.31. The first-order valence-corrected chi connectivity index (χ1v) is 6.51. The first-order valence-electron chi connectivity index (χ1n) is 4.40. The quantitative estimate of drug-likeness (QED) is 0.567. The summed E-state index contributed by atoms with van der Waals surface area (Å²) in [5.74, 6) is -0.281. The number of benzene rings is 1. The molecule has 7 heteroatoms. The van der Waals surface area contributed by atoms with Crippen LogP contribution in [0.25, 0.3) is 0 Å². The third-order valence-electron chi connectivity index (χ3n) is 1.83. The molecule has 0 heterocycles. The van der Waals surface area contributed by atoms with Gasteiger partial charge in [-0.1, -0.05) is 27.5 Å². The summed E-state index contributed by atoms with van der Waals surface area (Å²) in [4.78, 5) is 10.4. The highest BCUT2D eigenvalue weighted by molar-refractivity contribution is 9.09. The summed E-state index contributed by atoms with van der Waals surface area (Å²) in [5.41, 5.74) is -4.17. The van der Waals surface area contributed by atoms with E-state index in [-0.39, 0.29) is 33.0 Å². The third-order valence-corrected chi connectivity index (χ3v) is 4.02. The number of thioether (sulfide) groups is 1. The summed E-state index contributed by atoms with van der Waals surface area (Å²) in [6, 6.07) is 3.97. The molecule has 0 aromatic heterocycles. The van der Waals surface area contributed by atoms with Crippen molar-refractivity contribution < 1.29 is 18.0 Å². The normalized spacial score (nSPS) is 13.5. The van der Waals surface area contributed by atoms with E-state index in [4.69, 9.17) is 11.6 Å². The molecule has 0 aliphatic carbocycles. The predicted octanol–water partition coefficient (Wildman–Crippen LogP) is 4.98. The van der Waals surface area contributed by atoms with E-state index in [9.17, 15) is 18.0 Å². The van der Waals surface area contributed by atoms with Crippen LogP contribution in [0.2, 0.25) is 5.02 Å². The molecule has 94 valence electrons. The number of hydrogen-bond acceptors (Lipinski definition) is 2. The lowest BCUT2D eigenvalue weighted by Crippen LogP contribution is -2.06. The van der Waals surface area contributed by atoms with Gasteiger partial charge in [0.1, 0.15) is 5.78 Å². The maximum atomic E-state index is 12.3. The molecule has 1 aromatic carbocycles. The summed E-state index contributed by atoms with van der Waals surface area (Å²) in [6.45, 7) is 1.29. The second-order valence-corrected chi connectivity index (χ2v) is 5.66. The molecule has 0 saturated heterocycles. The summed E-state index contributed by atoms with van der Waals surface area (Å²) in [7, 11) is 0. The summed E-state index contributed by atoms with van der Waals surface area (Å²) < 4.78 is 36.9. The second kappa shape index (κ2) is 5.63. The van der Waals surface area contributed by atoms with Crippen molar-refractivity contribution in [3.8, 4) is 0 Å². The Morgan fingerprint density at radius 2 is 2.06 bits per heavy atom. The molecule has 1 atom stereocenters. The van der Waals surface area contributed by atoms with E-state index in [1.165, 1.54) is 25.1 Å². The van der Waals surface area contributed by atoms with Gasteiger partial charge in [-0.05, 0) is 42.4 Å². The molecular formula is C10H7BrClF3OS. The Morgan fingerprint density at radius 1 is 1.47 bits per heavy atom. The maximum Gasteiger partial charge on any atom is 0.446 e. The predicted molar refractivity (Wildman–Crippen MR) is 65.7 cm³/mol. The summed E-state index contributed by atoms with van der Waals surface area (Å²) >= 11 is 8.51. The molecule has 0 spiro atoms. The van der Waals surface area contributed by atoms with Gasteiger partial charge in [0.25, 0.3) is 0 Å². The second-order valence-electron chi connectivity index (χ2n) is 3.20. The number of carbonyl (C=O) groups excluding carboxylic acids is 1. The lowest BCUT2D eigenvalue weighted by atomic mass is 10.1. The van der Waals surface area contributed by atoms with Crippen LogP contribution in [0, 0.1) is 0 Å². The van der Waals surface area contributed by atoms with Crippen LogP contribution in [0.3, 0.4) is 0 Å². The Balaban J connectivity index is 3.17. The number of rotatable bonds is 3. The zero-order valence-corrected chi connectivity index (χ0v) is 11.7. The molecular weight excluding hydrogens is 341 g/mol. The Hall–Kier alpha value is -0.200. The Morgan fingerprint density at radius 3 is 2.53 bits per heavy atom. The van der Waals surface area contributed by atoms with E-state index in [2.05, 4.69) is 15.9 Å². The van der Waals surface area contributed by atoms with E-state index >= 15 is 0 Å². The van der Waals surface area contributed by atoms with Gasteiger partial charge in [0, 0.05) is 9.92 Å². The molecule has 0 aliphatic rings. The Labute approximate surface area is 114 Å². The lowest BCUT2D eigenvalue weighted by molar-refractivity contribution is -0.116. The maximum absolute atomic E-state index is 12.3. The van der Waals surface area contributed by atoms with Gasteiger partial charge in [-0.2, -0.15) is 13.2 Å². The molecule has 1 nitrogen and oxygen atoms in total. The van der Waals surface area contributed by atoms with Crippen LogP contribution in [0.15, 0.2) is 23.1 Å². The first-order chi connectivity index (χ1) is 7.70. The standard InChI is InChI=1S/C10H7BrClF3OS/c1-5(16)9(11)7-4-6(12)2-3-8(7)17-10(13,14)15/h2-4,9H,1H3. The van der Waals surface area contributed by atoms with E-state index in [1.54, 1.807) is 0 Å². The SMILES string of the molecule is CC(=O)C(Br)c1cc(Cl)ccc1SC(F)(F)F. The molecule has 1 rings (SSSR count). The number of ketones is 1. The zero-order valence-electron chi connectivity index (χ0n) is 8.52. The van der Waals surface area contributed by atoms with Gasteiger partial charge in [0.2, 0.25) is 0 Å². The number of Topliss-reactive ketones (excluding diaryl/α,β-unsaturated/α-hetero) is 1. The van der Waals surface area contributed by atoms with Crippen molar-refractivity contribution in [2.75, 3.05) is 0 Å². The van der Waals surface area contributed by atoms with E-state index < -0.39 is 10.3 Å². The number of carbonyl (C=O) groups is 1. The van der Waals surface area contributed by atoms with E-state index in [0.29, 0.717) is 0 Å². The fourth-order valence-corrected chi connectivity index (χ4v) is 2.54. The topological polar surface area (TPSA) is 17.1 Å². The third kappa shape index (κ3) is 4.52. The smallest absolute Gasteiger partial charge is 0.298 e. The molecule has 0 aliphatic heterocycles. The van der Waals surface area contributed by atoms with Gasteiger partial charge in [0.15, 0.2) is 0 Å². The average molecular weight is 348 g/mol. The minimum atomic E-state index is -4.40. The van der Waals surface area contributed by atoms with Crippen molar-refractivity contribution in [1.82, 2.24) is 0 Å². The van der Waals surface area contributed by atoms with E-state index in [1.807, 2.05) is 0 Å². The van der Waals surface area contributed by atoms with Gasteiger partial charge in [0.05, 0.1) is 4.83 Å². The lowest BCUT2D eigenvalue weighted by Gasteiger charge is -2.14. The molecule has 0 N–H and O–H groups in total. The fourth-order valence-electron chi connectivity index (χ4n) is 1.15. The van der Waals surface area contributed by atoms with Gasteiger partial charge < -0.3 is 0 Å². The number of halogens is 5. The van der Waals surface area contributed by atoms with E-state index in [0.717, 1.165) is 0 Å². The fraction of sp³-hybridized carbons (Fsp3) is 0.300. The number of hydrogen-bond donors (Lipinski definition) is 0. The average Bonchev–Trinajstić information content (AvgIpc) is 2.17. The molecule has 0 amide bonds. The Kier molecular flexibility index (Phi) is 4.92. The van der Waals surface area contributed by atoms with Crippen molar-refractivity contribution in [2.24, 2.45) is 0 Å². The minimum Gasteiger partial charge on any atom is -0.298 e. The number of alkyl halides is 4. The monoisotopic (exact) mass is 346 g/mol. The molecule has 1 aromatic rings. The molecule has 0 bridgehead atoms. The summed E-state index contributed by atoms with van der Waals surface area (Å²) in [5, 5.41) is 0.289. The van der Waals surface area contributed by atoms with Crippen LogP contribution in [-0.2, 0) is 4.79 Å². The zero-order chi connectivity index (χ0) is 13.2. The molecule has 0 fully saturated rings. The van der Waals surface area contributed by atoms with Crippen LogP contribution in [-0.4, -0.2) is 11.3 Å². The van der Waals surface area contributed by atoms with Crippen molar-refractivity contribution in [3.63, 3.8) is 0 Å². The highest BCUT2D eigenvalue weighted by atomic mass is 79.9. The highest BCUT2D eigenvalue weighted by Crippen LogP contribution is 2.42. The van der Waals surface area contributed by atoms with Crippen LogP contribution >= 0.6 is 39.3 Å². The molecule has 0 radical (unpaired) electrons. The first kappa shape index (κ1) is 14.9. The van der Waals surface area contributed by atoms with Gasteiger partial charge in [-0.15, -0.1) is 0 Å². The Bertz CT molecular complexity index is 436. The van der Waals surface area contributed by atoms with Crippen LogP contribution in [0.4, 0.5) is 13.2 Å². The van der Waals surface area contributed by atoms with Gasteiger partial charge in [-0.3, -0.25) is 4.79 Å². The van der Waals surface area contributed by atoms with Gasteiger partial charge in [-0.25, -0.2) is 0 Å². The summed E-state index contributed by atoms with van der Waals surface area (Å²) in [6.07, 6.45) is 0. The van der Waals surface area contributed by atoms with Crippen LogP contribution in [0.5, 0.6) is 0 Å². The van der Waals surface area contributed by atoms with Crippen molar-refractivity contribution >= 4 is 45.1 Å². The molecule has 17 heavy (non-hydrogen) atoms. The van der Waals surface area contributed by atoms with Crippen LogP contribution < -0.4 is 0 Å². The van der Waals surface area contributed by atoms with Crippen molar-refractivity contribution in [2.45, 2.75) is 22.2 Å². The van der Waals surface area contributed by atoms with Crippen LogP contribution in [0.1, 0.15) is 17.3 Å². The van der Waals surface area contributed by atoms with Crippen molar-refractivity contribution in [3.05, 3.63) is 28.8 Å². The van der Waals surface area contributed by atoms with Crippen molar-refractivity contribution in [1.29, 1.82) is 0 Å². The largest absolute Gasteiger partial charge is 0.446 e.